The number of carboxylic acids is 1. The van der Waals surface area contributed by atoms with Crippen molar-refractivity contribution in [2.24, 2.45) is 0 Å². The standard InChI is InChI=1S/C15H18N2O4S/c1-21-7-6-17(9-15(19)20)14(18)11-22-10-13-4-2-12(8-16)3-5-13/h2-5H,6-7,9-11H2,1H3,(H,19,20). The second kappa shape index (κ2) is 9.82. The van der Waals surface area contributed by atoms with E-state index >= 15 is 0 Å². The summed E-state index contributed by atoms with van der Waals surface area (Å²) in [6.07, 6.45) is 0. The van der Waals surface area contributed by atoms with Gasteiger partial charge < -0.3 is 14.7 Å². The first-order valence-corrected chi connectivity index (χ1v) is 7.77. The van der Waals surface area contributed by atoms with Crippen molar-refractivity contribution in [1.82, 2.24) is 4.90 Å². The lowest BCUT2D eigenvalue weighted by molar-refractivity contribution is -0.143. The topological polar surface area (TPSA) is 90.6 Å². The lowest BCUT2D eigenvalue weighted by Crippen LogP contribution is -2.39. The molecular formula is C15H18N2O4S. The highest BCUT2D eigenvalue weighted by Gasteiger charge is 2.16. The molecule has 0 unspecified atom stereocenters. The Bertz CT molecular complexity index is 539. The van der Waals surface area contributed by atoms with E-state index in [1.807, 2.05) is 18.2 Å². The van der Waals surface area contributed by atoms with Crippen molar-refractivity contribution < 1.29 is 19.4 Å². The van der Waals surface area contributed by atoms with E-state index in [0.717, 1.165) is 5.56 Å². The van der Waals surface area contributed by atoms with Gasteiger partial charge in [0.15, 0.2) is 0 Å². The summed E-state index contributed by atoms with van der Waals surface area (Å²) in [6.45, 7) is 0.248. The first-order chi connectivity index (χ1) is 10.6. The highest BCUT2D eigenvalue weighted by Crippen LogP contribution is 2.13. The van der Waals surface area contributed by atoms with Crippen LogP contribution in [0.5, 0.6) is 0 Å². The molecule has 7 heteroatoms. The van der Waals surface area contributed by atoms with Crippen molar-refractivity contribution >= 4 is 23.6 Å². The number of carboxylic acid groups (broad SMARTS) is 1. The average molecular weight is 322 g/mol. The number of rotatable bonds is 9. The number of amides is 1. The Morgan fingerprint density at radius 1 is 1.36 bits per heavy atom. The fourth-order valence-electron chi connectivity index (χ4n) is 1.68. The van der Waals surface area contributed by atoms with Gasteiger partial charge in [-0.2, -0.15) is 5.26 Å². The maximum Gasteiger partial charge on any atom is 0.323 e. The van der Waals surface area contributed by atoms with Crippen LogP contribution in [-0.2, 0) is 20.1 Å². The van der Waals surface area contributed by atoms with Crippen LogP contribution in [0.25, 0.3) is 0 Å². The number of hydrogen-bond donors (Lipinski definition) is 1. The number of ether oxygens (including phenoxy) is 1. The van der Waals surface area contributed by atoms with E-state index in [1.165, 1.54) is 23.8 Å². The largest absolute Gasteiger partial charge is 0.480 e. The van der Waals surface area contributed by atoms with Gasteiger partial charge in [0.25, 0.3) is 0 Å². The molecule has 1 aromatic carbocycles. The number of carbonyl (C=O) groups excluding carboxylic acids is 1. The average Bonchev–Trinajstić information content (AvgIpc) is 2.51. The molecule has 22 heavy (non-hydrogen) atoms. The zero-order chi connectivity index (χ0) is 16.4. The van der Waals surface area contributed by atoms with Gasteiger partial charge in [0.2, 0.25) is 5.91 Å². The molecule has 0 radical (unpaired) electrons. The van der Waals surface area contributed by atoms with Gasteiger partial charge in [-0.1, -0.05) is 12.1 Å². The second-order valence-electron chi connectivity index (χ2n) is 4.50. The van der Waals surface area contributed by atoms with Gasteiger partial charge in [0, 0.05) is 19.4 Å². The Labute approximate surface area is 133 Å². The SMILES string of the molecule is COCCN(CC(=O)O)C(=O)CSCc1ccc(C#N)cc1. The first-order valence-electron chi connectivity index (χ1n) is 6.62. The van der Waals surface area contributed by atoms with Gasteiger partial charge in [-0.3, -0.25) is 9.59 Å². The zero-order valence-electron chi connectivity index (χ0n) is 12.3. The fourth-order valence-corrected chi connectivity index (χ4v) is 2.57. The molecule has 0 saturated carbocycles. The van der Waals surface area contributed by atoms with E-state index in [2.05, 4.69) is 0 Å². The minimum absolute atomic E-state index is 0.205. The van der Waals surface area contributed by atoms with Gasteiger partial charge in [0.05, 0.1) is 24.0 Å². The Kier molecular flexibility index (Phi) is 8.04. The summed E-state index contributed by atoms with van der Waals surface area (Å²) >= 11 is 1.41. The highest BCUT2D eigenvalue weighted by molar-refractivity contribution is 7.99. The van der Waals surface area contributed by atoms with E-state index < -0.39 is 5.97 Å². The van der Waals surface area contributed by atoms with Crippen LogP contribution in [0.2, 0.25) is 0 Å². The molecule has 6 nitrogen and oxygen atoms in total. The lowest BCUT2D eigenvalue weighted by Gasteiger charge is -2.20. The van der Waals surface area contributed by atoms with E-state index in [-0.39, 0.29) is 24.7 Å². The molecule has 0 fully saturated rings. The predicted molar refractivity (Wildman–Crippen MR) is 83.4 cm³/mol. The van der Waals surface area contributed by atoms with Crippen molar-refractivity contribution in [1.29, 1.82) is 5.26 Å². The van der Waals surface area contributed by atoms with E-state index in [4.69, 9.17) is 15.1 Å². The van der Waals surface area contributed by atoms with Crippen LogP contribution in [0, 0.1) is 11.3 Å². The van der Waals surface area contributed by atoms with Gasteiger partial charge in [-0.25, -0.2) is 0 Å². The van der Waals surface area contributed by atoms with Gasteiger partial charge in [0.1, 0.15) is 6.54 Å². The molecule has 1 aromatic rings. The third kappa shape index (κ3) is 6.61. The summed E-state index contributed by atoms with van der Waals surface area (Å²) in [5.74, 6) is -0.431. The Balaban J connectivity index is 2.44. The summed E-state index contributed by atoms with van der Waals surface area (Å²) in [4.78, 5) is 24.1. The zero-order valence-corrected chi connectivity index (χ0v) is 13.1. The minimum atomic E-state index is -1.04. The number of methoxy groups -OCH3 is 1. The number of aliphatic carboxylic acids is 1. The number of nitriles is 1. The molecule has 1 amide bonds. The summed E-state index contributed by atoms with van der Waals surface area (Å²) in [6, 6.07) is 9.19. The third-order valence-corrected chi connectivity index (χ3v) is 3.81. The maximum absolute atomic E-state index is 12.0. The summed E-state index contributed by atoms with van der Waals surface area (Å²) in [5, 5.41) is 17.5. The molecule has 0 aliphatic rings. The highest BCUT2D eigenvalue weighted by atomic mass is 32.2. The van der Waals surface area contributed by atoms with Crippen molar-refractivity contribution in [3.05, 3.63) is 35.4 Å². The molecule has 1 N–H and O–H groups in total. The smallest absolute Gasteiger partial charge is 0.323 e. The molecule has 0 saturated heterocycles. The molecule has 118 valence electrons. The molecule has 0 bridgehead atoms. The number of thioether (sulfide) groups is 1. The van der Waals surface area contributed by atoms with Crippen LogP contribution in [-0.4, -0.2) is 54.4 Å². The quantitative estimate of drug-likeness (QED) is 0.738. The van der Waals surface area contributed by atoms with Gasteiger partial charge >= 0.3 is 5.97 Å². The molecule has 0 aliphatic carbocycles. The van der Waals surface area contributed by atoms with Gasteiger partial charge in [-0.05, 0) is 17.7 Å². The molecular weight excluding hydrogens is 304 g/mol. The van der Waals surface area contributed by atoms with Crippen LogP contribution in [0.4, 0.5) is 0 Å². The van der Waals surface area contributed by atoms with Gasteiger partial charge in [-0.15, -0.1) is 11.8 Å². The van der Waals surface area contributed by atoms with Crippen LogP contribution in [0.1, 0.15) is 11.1 Å². The fraction of sp³-hybridized carbons (Fsp3) is 0.400. The molecule has 0 atom stereocenters. The molecule has 0 heterocycles. The lowest BCUT2D eigenvalue weighted by atomic mass is 10.2. The second-order valence-corrected chi connectivity index (χ2v) is 5.49. The van der Waals surface area contributed by atoms with Crippen LogP contribution < -0.4 is 0 Å². The van der Waals surface area contributed by atoms with Crippen molar-refractivity contribution in [2.45, 2.75) is 5.75 Å². The van der Waals surface area contributed by atoms with Crippen LogP contribution in [0.3, 0.4) is 0 Å². The summed E-state index contributed by atoms with van der Waals surface area (Å²) < 4.78 is 4.88. The van der Waals surface area contributed by atoms with E-state index in [0.29, 0.717) is 17.9 Å². The number of hydrogen-bond acceptors (Lipinski definition) is 5. The molecule has 1 rings (SSSR count). The van der Waals surface area contributed by atoms with E-state index in [1.54, 1.807) is 12.1 Å². The Morgan fingerprint density at radius 2 is 2.05 bits per heavy atom. The molecule has 0 aromatic heterocycles. The first kappa shape index (κ1) is 18.0. The monoisotopic (exact) mass is 322 g/mol. The number of benzene rings is 1. The van der Waals surface area contributed by atoms with E-state index in [9.17, 15) is 9.59 Å². The third-order valence-electron chi connectivity index (χ3n) is 2.82. The minimum Gasteiger partial charge on any atom is -0.480 e. The van der Waals surface area contributed by atoms with Crippen molar-refractivity contribution in [3.8, 4) is 6.07 Å². The molecule has 0 aliphatic heterocycles. The number of nitrogens with zero attached hydrogens (tertiary/aromatic N) is 2. The van der Waals surface area contributed by atoms with Crippen molar-refractivity contribution in [3.63, 3.8) is 0 Å². The Hall–Kier alpha value is -2.04. The summed E-state index contributed by atoms with van der Waals surface area (Å²) in [5.41, 5.74) is 1.61. The summed E-state index contributed by atoms with van der Waals surface area (Å²) in [7, 11) is 1.50. The van der Waals surface area contributed by atoms with Crippen LogP contribution >= 0.6 is 11.8 Å². The number of carbonyl (C=O) groups is 2. The maximum atomic E-state index is 12.0. The van der Waals surface area contributed by atoms with Crippen molar-refractivity contribution in [2.75, 3.05) is 32.6 Å². The Morgan fingerprint density at radius 3 is 2.59 bits per heavy atom. The normalized spacial score (nSPS) is 10.0. The van der Waals surface area contributed by atoms with Crippen LogP contribution in [0.15, 0.2) is 24.3 Å². The molecule has 0 spiro atoms. The predicted octanol–water partition coefficient (Wildman–Crippen LogP) is 1.35.